The van der Waals surface area contributed by atoms with Crippen molar-refractivity contribution in [1.82, 2.24) is 0 Å². The van der Waals surface area contributed by atoms with E-state index >= 15 is 0 Å². The first kappa shape index (κ1) is 9.45. The van der Waals surface area contributed by atoms with Gasteiger partial charge in [-0.2, -0.15) is 17.7 Å². The van der Waals surface area contributed by atoms with Gasteiger partial charge in [-0.1, -0.05) is 23.5 Å². The highest BCUT2D eigenvalue weighted by Crippen LogP contribution is 2.19. The van der Waals surface area contributed by atoms with Crippen LogP contribution < -0.4 is 4.57 Å². The zero-order valence-corrected chi connectivity index (χ0v) is 7.90. The molecule has 1 heterocycles. The van der Waals surface area contributed by atoms with Crippen LogP contribution in [0, 0.1) is 0 Å². The van der Waals surface area contributed by atoms with Crippen molar-refractivity contribution >= 4 is 21.6 Å². The van der Waals surface area contributed by atoms with Crippen LogP contribution in [-0.4, -0.2) is 6.18 Å². The van der Waals surface area contributed by atoms with Crippen molar-refractivity contribution in [3.05, 3.63) is 29.8 Å². The smallest absolute Gasteiger partial charge is 0.179 e. The number of rotatable bonds is 1. The molecule has 0 N–H and O–H groups in total. The lowest BCUT2D eigenvalue weighted by molar-refractivity contribution is -0.691. The summed E-state index contributed by atoms with van der Waals surface area (Å²) in [5.41, 5.74) is 2.13. The van der Waals surface area contributed by atoms with Crippen LogP contribution in [0.15, 0.2) is 29.8 Å². The molecule has 1 nitrogen and oxygen atoms in total. The van der Waals surface area contributed by atoms with Gasteiger partial charge in [-0.25, -0.2) is 0 Å². The Labute approximate surface area is 82.4 Å². The van der Waals surface area contributed by atoms with E-state index in [1.807, 2.05) is 12.1 Å². The van der Waals surface area contributed by atoms with Gasteiger partial charge in [0.25, 0.3) is 0 Å². The molecule has 0 saturated carbocycles. The van der Waals surface area contributed by atoms with Crippen LogP contribution in [-0.2, 0) is 6.54 Å². The minimum Gasteiger partial charge on any atom is -0.179 e. The van der Waals surface area contributed by atoms with E-state index in [9.17, 15) is 13.2 Å². The van der Waals surface area contributed by atoms with Gasteiger partial charge in [0, 0.05) is 6.07 Å². The molecule has 0 amide bonds. The van der Waals surface area contributed by atoms with Gasteiger partial charge in [0.2, 0.25) is 17.6 Å². The van der Waals surface area contributed by atoms with Crippen LogP contribution >= 0.6 is 11.3 Å². The van der Waals surface area contributed by atoms with Crippen molar-refractivity contribution < 1.29 is 17.7 Å². The number of alkyl halides is 3. The Morgan fingerprint density at radius 3 is 2.64 bits per heavy atom. The van der Waals surface area contributed by atoms with Crippen molar-refractivity contribution in [3.63, 3.8) is 0 Å². The van der Waals surface area contributed by atoms with E-state index in [4.69, 9.17) is 0 Å². The SMILES string of the molecule is FC(F)(F)C[n+]1csc2ccccc21. The van der Waals surface area contributed by atoms with Gasteiger partial charge in [-0.3, -0.25) is 0 Å². The van der Waals surface area contributed by atoms with Gasteiger partial charge < -0.3 is 0 Å². The molecule has 1 aromatic heterocycles. The van der Waals surface area contributed by atoms with Crippen LogP contribution in [0.25, 0.3) is 10.2 Å². The first-order valence-corrected chi connectivity index (χ1v) is 4.87. The molecule has 1 aromatic carbocycles. The third kappa shape index (κ3) is 1.87. The third-order valence-corrected chi connectivity index (χ3v) is 2.79. The summed E-state index contributed by atoms with van der Waals surface area (Å²) in [6.45, 7) is -0.920. The lowest BCUT2D eigenvalue weighted by Crippen LogP contribution is -2.39. The number of para-hydroxylation sites is 1. The number of benzene rings is 1. The van der Waals surface area contributed by atoms with Crippen molar-refractivity contribution in [2.45, 2.75) is 12.7 Å². The highest BCUT2D eigenvalue weighted by molar-refractivity contribution is 7.16. The first-order chi connectivity index (χ1) is 6.56. The molecule has 74 valence electrons. The van der Waals surface area contributed by atoms with Crippen molar-refractivity contribution in [1.29, 1.82) is 0 Å². The summed E-state index contributed by atoms with van der Waals surface area (Å²) >= 11 is 1.32. The topological polar surface area (TPSA) is 3.88 Å². The maximum absolute atomic E-state index is 12.1. The third-order valence-electron chi connectivity index (χ3n) is 1.83. The number of aromatic nitrogens is 1. The molecule has 2 rings (SSSR count). The Kier molecular flexibility index (Phi) is 2.19. The summed E-state index contributed by atoms with van der Waals surface area (Å²) in [6, 6.07) is 7.06. The predicted molar refractivity (Wildman–Crippen MR) is 48.1 cm³/mol. The minimum absolute atomic E-state index is 0.634. The fraction of sp³-hybridized carbons (Fsp3) is 0.222. The second-order valence-electron chi connectivity index (χ2n) is 2.93. The minimum atomic E-state index is -4.16. The molecule has 0 saturated heterocycles. The van der Waals surface area contributed by atoms with Crippen molar-refractivity contribution in [2.24, 2.45) is 0 Å². The monoisotopic (exact) mass is 218 g/mol. The number of fused-ring (bicyclic) bond motifs is 1. The molecule has 0 aliphatic carbocycles. The lowest BCUT2D eigenvalue weighted by Gasteiger charge is -1.99. The first-order valence-electron chi connectivity index (χ1n) is 3.99. The van der Waals surface area contributed by atoms with E-state index < -0.39 is 12.7 Å². The Hall–Kier alpha value is -1.10. The summed E-state index contributed by atoms with van der Waals surface area (Å²) < 4.78 is 38.5. The van der Waals surface area contributed by atoms with E-state index in [0.717, 1.165) is 4.70 Å². The largest absolute Gasteiger partial charge is 0.448 e. The fourth-order valence-electron chi connectivity index (χ4n) is 1.29. The summed E-state index contributed by atoms with van der Waals surface area (Å²) in [6.07, 6.45) is -4.16. The molecule has 0 radical (unpaired) electrons. The highest BCUT2D eigenvalue weighted by atomic mass is 32.1. The predicted octanol–water partition coefficient (Wildman–Crippen LogP) is 2.75. The standard InChI is InChI=1S/C9H7F3NS/c10-9(11,12)5-13-6-14-8-4-2-1-3-7(8)13/h1-4,6H,5H2/q+1. The van der Waals surface area contributed by atoms with E-state index in [-0.39, 0.29) is 0 Å². The second kappa shape index (κ2) is 3.24. The molecule has 0 unspecified atom stereocenters. The van der Waals surface area contributed by atoms with E-state index in [1.54, 1.807) is 12.1 Å². The van der Waals surface area contributed by atoms with Gasteiger partial charge in [0.15, 0.2) is 0 Å². The number of thiazole rings is 1. The summed E-state index contributed by atoms with van der Waals surface area (Å²) in [7, 11) is 0. The van der Waals surface area contributed by atoms with Gasteiger partial charge in [0.05, 0.1) is 0 Å². The van der Waals surface area contributed by atoms with Gasteiger partial charge in [0.1, 0.15) is 4.70 Å². The Morgan fingerprint density at radius 2 is 1.93 bits per heavy atom. The summed E-state index contributed by atoms with van der Waals surface area (Å²) in [5.74, 6) is 0. The fourth-order valence-corrected chi connectivity index (χ4v) is 2.18. The van der Waals surface area contributed by atoms with Crippen LogP contribution in [0.5, 0.6) is 0 Å². The van der Waals surface area contributed by atoms with Crippen LogP contribution in [0.2, 0.25) is 0 Å². The zero-order valence-electron chi connectivity index (χ0n) is 7.08. The van der Waals surface area contributed by atoms with Crippen LogP contribution in [0.3, 0.4) is 0 Å². The molecule has 0 spiro atoms. The molecule has 2 aromatic rings. The molecule has 0 atom stereocenters. The molecule has 0 aliphatic heterocycles. The normalized spacial score (nSPS) is 12.2. The van der Waals surface area contributed by atoms with Crippen molar-refractivity contribution in [2.75, 3.05) is 0 Å². The number of nitrogens with zero attached hydrogens (tertiary/aromatic N) is 1. The van der Waals surface area contributed by atoms with E-state index in [2.05, 4.69) is 0 Å². The van der Waals surface area contributed by atoms with Gasteiger partial charge in [-0.15, -0.1) is 0 Å². The van der Waals surface area contributed by atoms with Crippen LogP contribution in [0.1, 0.15) is 0 Å². The summed E-state index contributed by atoms with van der Waals surface area (Å²) in [4.78, 5) is 0. The molecular formula is C9H7F3NS+. The quantitative estimate of drug-likeness (QED) is 0.648. The molecule has 0 fully saturated rings. The molecule has 5 heteroatoms. The summed E-state index contributed by atoms with van der Waals surface area (Å²) in [5, 5.41) is 0. The molecular weight excluding hydrogens is 211 g/mol. The average Bonchev–Trinajstić information content (AvgIpc) is 2.47. The number of hydrogen-bond acceptors (Lipinski definition) is 1. The molecule has 0 bridgehead atoms. The molecule has 0 aliphatic rings. The average molecular weight is 218 g/mol. The number of hydrogen-bond donors (Lipinski definition) is 0. The van der Waals surface area contributed by atoms with Gasteiger partial charge in [-0.05, 0) is 6.07 Å². The van der Waals surface area contributed by atoms with E-state index in [0.29, 0.717) is 5.52 Å². The van der Waals surface area contributed by atoms with Gasteiger partial charge >= 0.3 is 6.18 Å². The lowest BCUT2D eigenvalue weighted by atomic mass is 10.3. The number of halogens is 3. The zero-order chi connectivity index (χ0) is 10.2. The highest BCUT2D eigenvalue weighted by Gasteiger charge is 2.34. The Bertz CT molecular complexity index is 446. The maximum Gasteiger partial charge on any atom is 0.448 e. The maximum atomic E-state index is 12.1. The second-order valence-corrected chi connectivity index (χ2v) is 3.82. The Balaban J connectivity index is 2.44. The Morgan fingerprint density at radius 1 is 1.21 bits per heavy atom. The van der Waals surface area contributed by atoms with Crippen LogP contribution in [0.4, 0.5) is 13.2 Å². The molecule has 14 heavy (non-hydrogen) atoms. The van der Waals surface area contributed by atoms with Crippen molar-refractivity contribution in [3.8, 4) is 0 Å². The van der Waals surface area contributed by atoms with E-state index in [1.165, 1.54) is 21.4 Å².